The van der Waals surface area contributed by atoms with Crippen molar-refractivity contribution in [1.29, 1.82) is 0 Å². The van der Waals surface area contributed by atoms with E-state index in [1.165, 1.54) is 6.33 Å². The van der Waals surface area contributed by atoms with E-state index in [1.807, 2.05) is 30.3 Å². The number of benzene rings is 2. The van der Waals surface area contributed by atoms with E-state index in [-0.39, 0.29) is 17.5 Å². The molecule has 0 bridgehead atoms. The molecule has 1 saturated heterocycles. The molecule has 9 nitrogen and oxygen atoms in total. The van der Waals surface area contributed by atoms with E-state index in [2.05, 4.69) is 25.7 Å². The number of rotatable bonds is 7. The number of hydrogen-bond acceptors (Lipinski definition) is 6. The minimum absolute atomic E-state index is 0.194. The Morgan fingerprint density at radius 3 is 2.63 bits per heavy atom. The lowest BCUT2D eigenvalue weighted by Crippen LogP contribution is -2.33. The first-order valence-electron chi connectivity index (χ1n) is 11.6. The molecule has 0 aliphatic carbocycles. The number of fused-ring (bicyclic) bond motifs is 1. The maximum atomic E-state index is 13.3. The van der Waals surface area contributed by atoms with Crippen molar-refractivity contribution >= 4 is 28.3 Å². The highest BCUT2D eigenvalue weighted by molar-refractivity contribution is 6.15. The summed E-state index contributed by atoms with van der Waals surface area (Å²) in [7, 11) is 0. The van der Waals surface area contributed by atoms with Gasteiger partial charge in [0.2, 0.25) is 0 Å². The third-order valence-corrected chi connectivity index (χ3v) is 6.22. The third-order valence-electron chi connectivity index (χ3n) is 6.22. The Hall–Kier alpha value is -4.11. The van der Waals surface area contributed by atoms with E-state index in [9.17, 15) is 9.59 Å². The number of nitrogens with zero attached hydrogens (tertiary/aromatic N) is 4. The average Bonchev–Trinajstić information content (AvgIpc) is 3.41. The highest BCUT2D eigenvalue weighted by Crippen LogP contribution is 2.25. The predicted molar refractivity (Wildman–Crippen MR) is 131 cm³/mol. The molecule has 9 heteroatoms. The Labute approximate surface area is 202 Å². The lowest BCUT2D eigenvalue weighted by atomic mass is 9.99. The molecule has 4 aromatic rings. The smallest absolute Gasteiger partial charge is 0.272 e. The first-order valence-corrected chi connectivity index (χ1v) is 11.6. The molecule has 2 N–H and O–H groups in total. The number of pyridine rings is 1. The largest absolute Gasteiger partial charge is 0.381 e. The molecular formula is C26H26N6O3. The van der Waals surface area contributed by atoms with E-state index >= 15 is 0 Å². The van der Waals surface area contributed by atoms with Crippen LogP contribution >= 0.6 is 0 Å². The minimum Gasteiger partial charge on any atom is -0.381 e. The Morgan fingerprint density at radius 2 is 1.83 bits per heavy atom. The maximum absolute atomic E-state index is 13.3. The van der Waals surface area contributed by atoms with Gasteiger partial charge in [-0.15, -0.1) is 0 Å². The minimum atomic E-state index is -0.306. The summed E-state index contributed by atoms with van der Waals surface area (Å²) in [6.07, 6.45) is 6.55. The molecule has 0 spiro atoms. The van der Waals surface area contributed by atoms with Gasteiger partial charge in [-0.1, -0.05) is 30.3 Å². The fraction of sp³-hybridized carbons (Fsp3) is 0.269. The first-order chi connectivity index (χ1) is 17.2. The maximum Gasteiger partial charge on any atom is 0.272 e. The highest BCUT2D eigenvalue weighted by Gasteiger charge is 2.20. The third kappa shape index (κ3) is 5.20. The summed E-state index contributed by atoms with van der Waals surface area (Å²) in [6.45, 7) is 2.54. The normalized spacial score (nSPS) is 14.1. The zero-order valence-electron chi connectivity index (χ0n) is 19.2. The first kappa shape index (κ1) is 22.7. The number of hydrogen-bond donors (Lipinski definition) is 2. The van der Waals surface area contributed by atoms with Gasteiger partial charge in [-0.3, -0.25) is 9.59 Å². The number of carbonyl (C=O) groups is 2. The van der Waals surface area contributed by atoms with Crippen LogP contribution in [0.15, 0.2) is 67.4 Å². The Bertz CT molecular complexity index is 1330. The highest BCUT2D eigenvalue weighted by atomic mass is 16.5. The van der Waals surface area contributed by atoms with E-state index in [0.717, 1.165) is 42.4 Å². The molecule has 3 heterocycles. The van der Waals surface area contributed by atoms with Crippen molar-refractivity contribution in [2.24, 2.45) is 5.92 Å². The summed E-state index contributed by atoms with van der Waals surface area (Å²) in [5.41, 5.74) is 2.11. The molecule has 0 radical (unpaired) electrons. The van der Waals surface area contributed by atoms with Gasteiger partial charge >= 0.3 is 0 Å². The van der Waals surface area contributed by atoms with Gasteiger partial charge in [-0.25, -0.2) is 14.6 Å². The molecule has 2 aromatic heterocycles. The number of carbonyl (C=O) groups excluding carboxylic acids is 2. The predicted octanol–water partition coefficient (Wildman–Crippen LogP) is 3.28. The van der Waals surface area contributed by atoms with Crippen molar-refractivity contribution in [3.05, 3.63) is 84.2 Å². The number of anilines is 1. The quantitative estimate of drug-likeness (QED) is 0.429. The number of ether oxygens (including phenoxy) is 1. The molecule has 1 aliphatic rings. The van der Waals surface area contributed by atoms with Crippen molar-refractivity contribution in [1.82, 2.24) is 25.1 Å². The van der Waals surface area contributed by atoms with Crippen molar-refractivity contribution in [3.63, 3.8) is 0 Å². The van der Waals surface area contributed by atoms with E-state index in [1.54, 1.807) is 35.4 Å². The van der Waals surface area contributed by atoms with Gasteiger partial charge < -0.3 is 15.4 Å². The van der Waals surface area contributed by atoms with Crippen LogP contribution in [0.1, 0.15) is 39.3 Å². The molecule has 1 fully saturated rings. The van der Waals surface area contributed by atoms with Crippen LogP contribution in [0.2, 0.25) is 0 Å². The van der Waals surface area contributed by atoms with Crippen LogP contribution < -0.4 is 10.6 Å². The molecule has 178 valence electrons. The van der Waals surface area contributed by atoms with Crippen LogP contribution in [0.3, 0.4) is 0 Å². The second-order valence-corrected chi connectivity index (χ2v) is 8.53. The SMILES string of the molecule is O=C(NCC1CCOCC1)c1ncccc1NC(=O)c1ccc(Cn2cncn2)c2ccccc12. The van der Waals surface area contributed by atoms with Gasteiger partial charge in [0, 0.05) is 31.5 Å². The summed E-state index contributed by atoms with van der Waals surface area (Å²) >= 11 is 0. The summed E-state index contributed by atoms with van der Waals surface area (Å²) < 4.78 is 7.12. The van der Waals surface area contributed by atoms with Gasteiger partial charge in [-0.05, 0) is 53.3 Å². The van der Waals surface area contributed by atoms with Crippen molar-refractivity contribution < 1.29 is 14.3 Å². The number of nitrogens with one attached hydrogen (secondary N) is 2. The van der Waals surface area contributed by atoms with Crippen molar-refractivity contribution in [2.75, 3.05) is 25.1 Å². The van der Waals surface area contributed by atoms with Gasteiger partial charge in [0.25, 0.3) is 11.8 Å². The Balaban J connectivity index is 1.35. The fourth-order valence-corrected chi connectivity index (χ4v) is 4.33. The zero-order chi connectivity index (χ0) is 24.0. The summed E-state index contributed by atoms with van der Waals surface area (Å²) in [5, 5.41) is 11.8. The lowest BCUT2D eigenvalue weighted by molar-refractivity contribution is 0.0642. The molecule has 0 saturated carbocycles. The second kappa shape index (κ2) is 10.4. The van der Waals surface area contributed by atoms with Crippen LogP contribution in [-0.2, 0) is 11.3 Å². The zero-order valence-corrected chi connectivity index (χ0v) is 19.2. The molecule has 2 amide bonds. The summed E-state index contributed by atoms with van der Waals surface area (Å²) in [5.74, 6) is -0.225. The van der Waals surface area contributed by atoms with Crippen molar-refractivity contribution in [3.8, 4) is 0 Å². The average molecular weight is 471 g/mol. The molecular weight excluding hydrogens is 444 g/mol. The molecule has 5 rings (SSSR count). The van der Waals surface area contributed by atoms with E-state index in [4.69, 9.17) is 4.74 Å². The molecule has 1 aliphatic heterocycles. The number of aromatic nitrogens is 4. The Kier molecular flexibility index (Phi) is 6.76. The molecule has 0 unspecified atom stereocenters. The van der Waals surface area contributed by atoms with Gasteiger partial charge in [0.05, 0.1) is 12.2 Å². The molecule has 35 heavy (non-hydrogen) atoms. The standard InChI is InChI=1S/C26H26N6O3/c33-25(22-8-7-19(15-32-17-27-16-30-32)20-4-1-2-5-21(20)22)31-23-6-3-11-28-24(23)26(34)29-14-18-9-12-35-13-10-18/h1-8,11,16-18H,9-10,12-15H2,(H,29,34)(H,31,33). The van der Waals surface area contributed by atoms with Gasteiger partial charge in [0.15, 0.2) is 5.69 Å². The monoisotopic (exact) mass is 470 g/mol. The van der Waals surface area contributed by atoms with E-state index < -0.39 is 0 Å². The topological polar surface area (TPSA) is 111 Å². The van der Waals surface area contributed by atoms with Crippen LogP contribution in [0.5, 0.6) is 0 Å². The van der Waals surface area contributed by atoms with Gasteiger partial charge in [-0.2, -0.15) is 5.10 Å². The van der Waals surface area contributed by atoms with Crippen LogP contribution in [-0.4, -0.2) is 51.3 Å². The van der Waals surface area contributed by atoms with E-state index in [0.29, 0.717) is 30.3 Å². The Morgan fingerprint density at radius 1 is 1.00 bits per heavy atom. The molecule has 2 aromatic carbocycles. The van der Waals surface area contributed by atoms with Crippen LogP contribution in [0.25, 0.3) is 10.8 Å². The second-order valence-electron chi connectivity index (χ2n) is 8.53. The summed E-state index contributed by atoms with van der Waals surface area (Å²) in [6, 6.07) is 14.8. The molecule has 0 atom stereocenters. The van der Waals surface area contributed by atoms with Gasteiger partial charge in [0.1, 0.15) is 12.7 Å². The summed E-state index contributed by atoms with van der Waals surface area (Å²) in [4.78, 5) is 34.4. The fourth-order valence-electron chi connectivity index (χ4n) is 4.33. The lowest BCUT2D eigenvalue weighted by Gasteiger charge is -2.22. The van der Waals surface area contributed by atoms with Crippen LogP contribution in [0.4, 0.5) is 5.69 Å². The van der Waals surface area contributed by atoms with Crippen LogP contribution in [0, 0.1) is 5.92 Å². The number of amides is 2. The van der Waals surface area contributed by atoms with Crippen molar-refractivity contribution in [2.45, 2.75) is 19.4 Å².